The monoisotopic (exact) mass is 289 g/mol. The van der Waals surface area contributed by atoms with Crippen molar-refractivity contribution in [1.82, 2.24) is 4.90 Å². The van der Waals surface area contributed by atoms with Crippen LogP contribution < -0.4 is 0 Å². The smallest absolute Gasteiger partial charge is 0.00494 e. The molecule has 2 rings (SSSR count). The van der Waals surface area contributed by atoms with Gasteiger partial charge in [0.05, 0.1) is 0 Å². The molecule has 1 atom stereocenters. The summed E-state index contributed by atoms with van der Waals surface area (Å²) in [5.74, 6) is 0.670. The summed E-state index contributed by atoms with van der Waals surface area (Å²) in [6.45, 7) is 9.85. The Morgan fingerprint density at radius 3 is 2.00 bits per heavy atom. The summed E-state index contributed by atoms with van der Waals surface area (Å²) in [6, 6.07) is 9.24. The lowest BCUT2D eigenvalue weighted by molar-refractivity contribution is 0.143. The summed E-state index contributed by atoms with van der Waals surface area (Å²) in [5, 5.41) is 0. The first-order chi connectivity index (χ1) is 10.0. The molecule has 21 heavy (non-hydrogen) atoms. The van der Waals surface area contributed by atoms with E-state index in [1.807, 2.05) is 13.8 Å². The minimum absolute atomic E-state index is 0.484. The molecule has 0 bridgehead atoms. The molecule has 1 aliphatic carbocycles. The van der Waals surface area contributed by atoms with Gasteiger partial charge in [0.25, 0.3) is 0 Å². The van der Waals surface area contributed by atoms with E-state index in [4.69, 9.17) is 0 Å². The third-order valence-electron chi connectivity index (χ3n) is 4.86. The van der Waals surface area contributed by atoms with Gasteiger partial charge in [-0.3, -0.25) is 0 Å². The van der Waals surface area contributed by atoms with E-state index in [2.05, 4.69) is 57.1 Å². The number of nitrogens with zero attached hydrogens (tertiary/aromatic N) is 1. The quantitative estimate of drug-likeness (QED) is 0.693. The van der Waals surface area contributed by atoms with Crippen LogP contribution in [0.2, 0.25) is 0 Å². The van der Waals surface area contributed by atoms with Gasteiger partial charge in [0.2, 0.25) is 0 Å². The highest BCUT2D eigenvalue weighted by Crippen LogP contribution is 2.47. The lowest BCUT2D eigenvalue weighted by Crippen LogP contribution is -2.35. The summed E-state index contributed by atoms with van der Waals surface area (Å²) in [4.78, 5) is 2.35. The molecule has 0 spiro atoms. The Morgan fingerprint density at radius 2 is 1.52 bits per heavy atom. The van der Waals surface area contributed by atoms with Crippen molar-refractivity contribution in [3.05, 3.63) is 35.4 Å². The van der Waals surface area contributed by atoms with Gasteiger partial charge in [0.15, 0.2) is 0 Å². The Bertz CT molecular complexity index is 385. The van der Waals surface area contributed by atoms with Crippen LogP contribution in [0.3, 0.4) is 0 Å². The first kappa shape index (κ1) is 18.2. The molecule has 1 heteroatoms. The van der Waals surface area contributed by atoms with Gasteiger partial charge >= 0.3 is 0 Å². The van der Waals surface area contributed by atoms with Crippen molar-refractivity contribution in [1.29, 1.82) is 0 Å². The average Bonchev–Trinajstić information content (AvgIpc) is 2.48. The van der Waals surface area contributed by atoms with Crippen molar-refractivity contribution in [3.63, 3.8) is 0 Å². The van der Waals surface area contributed by atoms with Gasteiger partial charge in [-0.25, -0.2) is 0 Å². The molecule has 0 amide bonds. The van der Waals surface area contributed by atoms with E-state index in [0.717, 1.165) is 0 Å². The summed E-state index contributed by atoms with van der Waals surface area (Å²) in [7, 11) is 4.40. The van der Waals surface area contributed by atoms with E-state index in [1.54, 1.807) is 0 Å². The fourth-order valence-corrected chi connectivity index (χ4v) is 3.60. The predicted octanol–water partition coefficient (Wildman–Crippen LogP) is 5.64. The zero-order chi connectivity index (χ0) is 15.9. The maximum Gasteiger partial charge on any atom is 0.00494 e. The SMILES string of the molecule is CC.Cc1ccc(C(CN(C)C)C2(C)CCCCC2)cc1. The second-order valence-electron chi connectivity index (χ2n) is 6.94. The van der Waals surface area contributed by atoms with Crippen molar-refractivity contribution < 1.29 is 0 Å². The van der Waals surface area contributed by atoms with E-state index in [9.17, 15) is 0 Å². The van der Waals surface area contributed by atoms with Crippen LogP contribution in [-0.2, 0) is 0 Å². The Balaban J connectivity index is 0.00000106. The van der Waals surface area contributed by atoms with E-state index in [0.29, 0.717) is 11.3 Å². The van der Waals surface area contributed by atoms with Crippen molar-refractivity contribution in [3.8, 4) is 0 Å². The van der Waals surface area contributed by atoms with Crippen molar-refractivity contribution in [2.24, 2.45) is 5.41 Å². The van der Waals surface area contributed by atoms with Gasteiger partial charge in [-0.1, -0.05) is 69.9 Å². The molecule has 120 valence electrons. The predicted molar refractivity (Wildman–Crippen MR) is 95.0 cm³/mol. The summed E-state index contributed by atoms with van der Waals surface area (Å²) in [5.41, 5.74) is 3.38. The molecule has 1 aromatic rings. The Labute approximate surface area is 132 Å². The first-order valence-corrected chi connectivity index (χ1v) is 8.72. The minimum atomic E-state index is 0.484. The molecule has 0 heterocycles. The molecule has 1 unspecified atom stereocenters. The van der Waals surface area contributed by atoms with E-state index in [1.165, 1.54) is 49.8 Å². The standard InChI is InChI=1S/C18H29N.C2H6/c1-15-8-10-16(11-9-15)17(14-19(3)4)18(2)12-6-5-7-13-18;1-2/h8-11,17H,5-7,12-14H2,1-4H3;1-2H3. The highest BCUT2D eigenvalue weighted by molar-refractivity contribution is 5.26. The normalized spacial score (nSPS) is 18.8. The molecular formula is C20H35N. The summed E-state index contributed by atoms with van der Waals surface area (Å²) in [6.07, 6.45) is 7.02. The molecule has 1 saturated carbocycles. The second-order valence-corrected chi connectivity index (χ2v) is 6.94. The van der Waals surface area contributed by atoms with Crippen LogP contribution in [0.4, 0.5) is 0 Å². The lowest BCUT2D eigenvalue weighted by atomic mass is 9.65. The number of hydrogen-bond acceptors (Lipinski definition) is 1. The zero-order valence-corrected chi connectivity index (χ0v) is 15.1. The Kier molecular flexibility index (Phi) is 7.45. The number of benzene rings is 1. The van der Waals surface area contributed by atoms with Crippen LogP contribution in [0.25, 0.3) is 0 Å². The largest absolute Gasteiger partial charge is 0.309 e. The van der Waals surface area contributed by atoms with Gasteiger partial charge in [-0.05, 0) is 44.8 Å². The molecule has 0 aromatic heterocycles. The van der Waals surface area contributed by atoms with Crippen LogP contribution in [0, 0.1) is 12.3 Å². The van der Waals surface area contributed by atoms with Crippen LogP contribution in [0.1, 0.15) is 69.9 Å². The molecule has 1 aromatic carbocycles. The van der Waals surface area contributed by atoms with E-state index < -0.39 is 0 Å². The molecular weight excluding hydrogens is 254 g/mol. The van der Waals surface area contributed by atoms with Gasteiger partial charge in [0.1, 0.15) is 0 Å². The highest BCUT2D eigenvalue weighted by atomic mass is 15.1. The lowest BCUT2D eigenvalue weighted by Gasteiger charge is -2.42. The molecule has 0 radical (unpaired) electrons. The van der Waals surface area contributed by atoms with Crippen molar-refractivity contribution >= 4 is 0 Å². The Morgan fingerprint density at radius 1 is 1.00 bits per heavy atom. The molecule has 1 fully saturated rings. The van der Waals surface area contributed by atoms with E-state index >= 15 is 0 Å². The summed E-state index contributed by atoms with van der Waals surface area (Å²) >= 11 is 0. The third-order valence-corrected chi connectivity index (χ3v) is 4.86. The number of hydrogen-bond donors (Lipinski definition) is 0. The van der Waals surface area contributed by atoms with E-state index in [-0.39, 0.29) is 0 Å². The maximum absolute atomic E-state index is 2.51. The molecule has 1 aliphatic rings. The van der Waals surface area contributed by atoms with Crippen molar-refractivity contribution in [2.45, 2.75) is 65.7 Å². The number of likely N-dealkylation sites (N-methyl/N-ethyl adjacent to an activating group) is 1. The van der Waals surface area contributed by atoms with Crippen LogP contribution >= 0.6 is 0 Å². The fourth-order valence-electron chi connectivity index (χ4n) is 3.60. The molecule has 1 nitrogen and oxygen atoms in total. The number of aryl methyl sites for hydroxylation is 1. The summed E-state index contributed by atoms with van der Waals surface area (Å²) < 4.78 is 0. The second kappa shape index (κ2) is 8.58. The molecule has 0 N–H and O–H groups in total. The third kappa shape index (κ3) is 5.14. The van der Waals surface area contributed by atoms with Crippen LogP contribution in [0.15, 0.2) is 24.3 Å². The van der Waals surface area contributed by atoms with Crippen LogP contribution in [0.5, 0.6) is 0 Å². The maximum atomic E-state index is 2.51. The van der Waals surface area contributed by atoms with Gasteiger partial charge in [-0.2, -0.15) is 0 Å². The fraction of sp³-hybridized carbons (Fsp3) is 0.700. The molecule has 0 saturated heterocycles. The van der Waals surface area contributed by atoms with Crippen molar-refractivity contribution in [2.75, 3.05) is 20.6 Å². The minimum Gasteiger partial charge on any atom is -0.309 e. The van der Waals surface area contributed by atoms with Gasteiger partial charge < -0.3 is 4.90 Å². The first-order valence-electron chi connectivity index (χ1n) is 8.72. The number of rotatable bonds is 4. The topological polar surface area (TPSA) is 3.24 Å². The average molecular weight is 290 g/mol. The van der Waals surface area contributed by atoms with Gasteiger partial charge in [-0.15, -0.1) is 0 Å². The van der Waals surface area contributed by atoms with Crippen LogP contribution in [-0.4, -0.2) is 25.5 Å². The zero-order valence-electron chi connectivity index (χ0n) is 15.1. The molecule has 0 aliphatic heterocycles. The highest BCUT2D eigenvalue weighted by Gasteiger charge is 2.36. The Hall–Kier alpha value is -0.820. The van der Waals surface area contributed by atoms with Gasteiger partial charge in [0, 0.05) is 12.5 Å².